The van der Waals surface area contributed by atoms with Gasteiger partial charge in [-0.2, -0.15) is 0 Å². The highest BCUT2D eigenvalue weighted by molar-refractivity contribution is 5.97. The number of nitro benzene ring substituents is 1. The Balaban J connectivity index is 1.75. The third-order valence-electron chi connectivity index (χ3n) is 4.04. The molecule has 1 N–H and O–H groups in total. The molecule has 1 aliphatic carbocycles. The number of hydrogen-bond acceptors (Lipinski definition) is 7. The number of nitrogens with one attached hydrogen (secondary N) is 1. The Kier molecular flexibility index (Phi) is 5.13. The van der Waals surface area contributed by atoms with Crippen molar-refractivity contribution in [2.24, 2.45) is 0 Å². The zero-order valence-corrected chi connectivity index (χ0v) is 13.6. The molecule has 1 heterocycles. The van der Waals surface area contributed by atoms with Crippen LogP contribution in [-0.4, -0.2) is 55.8 Å². The molecular formula is C16H19N3O6. The molecule has 25 heavy (non-hydrogen) atoms. The van der Waals surface area contributed by atoms with E-state index in [0.717, 1.165) is 12.8 Å². The first-order valence-electron chi connectivity index (χ1n) is 8.12. The van der Waals surface area contributed by atoms with Gasteiger partial charge in [-0.15, -0.1) is 0 Å². The van der Waals surface area contributed by atoms with Crippen molar-refractivity contribution in [1.82, 2.24) is 5.32 Å². The molecule has 134 valence electrons. The lowest BCUT2D eigenvalue weighted by Gasteiger charge is -2.30. The summed E-state index contributed by atoms with van der Waals surface area (Å²) in [4.78, 5) is 36.4. The normalized spacial score (nSPS) is 17.0. The first kappa shape index (κ1) is 17.2. The number of rotatable bonds is 6. The highest BCUT2D eigenvalue weighted by atomic mass is 16.6. The molecule has 1 amide bonds. The van der Waals surface area contributed by atoms with Crippen LogP contribution in [0.3, 0.4) is 0 Å². The van der Waals surface area contributed by atoms with Crippen molar-refractivity contribution >= 4 is 23.3 Å². The molecule has 1 saturated carbocycles. The fourth-order valence-corrected chi connectivity index (χ4v) is 2.59. The molecule has 0 unspecified atom stereocenters. The van der Waals surface area contributed by atoms with Crippen molar-refractivity contribution in [3.05, 3.63) is 33.9 Å². The van der Waals surface area contributed by atoms with Gasteiger partial charge >= 0.3 is 5.97 Å². The van der Waals surface area contributed by atoms with Crippen molar-refractivity contribution in [3.63, 3.8) is 0 Å². The fourth-order valence-electron chi connectivity index (χ4n) is 2.59. The quantitative estimate of drug-likeness (QED) is 0.461. The number of amides is 1. The predicted molar refractivity (Wildman–Crippen MR) is 87.6 cm³/mol. The number of carbonyl (C=O) groups is 2. The molecule has 0 bridgehead atoms. The summed E-state index contributed by atoms with van der Waals surface area (Å²) < 4.78 is 10.3. The van der Waals surface area contributed by atoms with Crippen LogP contribution in [0.15, 0.2) is 18.2 Å². The van der Waals surface area contributed by atoms with Gasteiger partial charge in [0, 0.05) is 31.3 Å². The second-order valence-electron chi connectivity index (χ2n) is 5.98. The van der Waals surface area contributed by atoms with Gasteiger partial charge < -0.3 is 19.7 Å². The minimum absolute atomic E-state index is 0.0790. The Morgan fingerprint density at radius 1 is 1.32 bits per heavy atom. The van der Waals surface area contributed by atoms with E-state index in [9.17, 15) is 19.7 Å². The number of anilines is 1. The Labute approximate surface area is 144 Å². The molecular weight excluding hydrogens is 330 g/mol. The van der Waals surface area contributed by atoms with Crippen LogP contribution in [0.5, 0.6) is 0 Å². The van der Waals surface area contributed by atoms with Crippen molar-refractivity contribution < 1.29 is 24.0 Å². The highest BCUT2D eigenvalue weighted by Gasteiger charge is 2.26. The van der Waals surface area contributed by atoms with E-state index in [2.05, 4.69) is 5.32 Å². The maximum Gasteiger partial charge on any atom is 0.341 e. The van der Waals surface area contributed by atoms with Crippen molar-refractivity contribution in [2.75, 3.05) is 37.8 Å². The molecule has 0 spiro atoms. The third-order valence-corrected chi connectivity index (χ3v) is 4.04. The molecule has 1 saturated heterocycles. The van der Waals surface area contributed by atoms with E-state index in [1.807, 2.05) is 4.90 Å². The minimum atomic E-state index is -0.754. The third kappa shape index (κ3) is 4.44. The maximum atomic E-state index is 12.4. The monoisotopic (exact) mass is 349 g/mol. The number of esters is 1. The Bertz CT molecular complexity index is 682. The molecule has 1 aromatic rings. The second kappa shape index (κ2) is 7.47. The zero-order chi connectivity index (χ0) is 17.8. The van der Waals surface area contributed by atoms with Gasteiger partial charge in [0.05, 0.1) is 29.4 Å². The largest absolute Gasteiger partial charge is 0.452 e. The summed E-state index contributed by atoms with van der Waals surface area (Å²) >= 11 is 0. The lowest BCUT2D eigenvalue weighted by molar-refractivity contribution is -0.384. The van der Waals surface area contributed by atoms with E-state index in [0.29, 0.717) is 32.0 Å². The Hall–Kier alpha value is -2.68. The fraction of sp³-hybridized carbons (Fsp3) is 0.500. The van der Waals surface area contributed by atoms with Gasteiger partial charge in [0.1, 0.15) is 0 Å². The van der Waals surface area contributed by atoms with Gasteiger partial charge in [-0.3, -0.25) is 14.9 Å². The average Bonchev–Trinajstić information content (AvgIpc) is 3.43. The summed E-state index contributed by atoms with van der Waals surface area (Å²) in [5, 5.41) is 13.7. The maximum absolute atomic E-state index is 12.4. The minimum Gasteiger partial charge on any atom is -0.452 e. The molecule has 3 rings (SSSR count). The van der Waals surface area contributed by atoms with Crippen molar-refractivity contribution in [1.29, 1.82) is 0 Å². The number of hydrogen-bond donors (Lipinski definition) is 1. The van der Waals surface area contributed by atoms with Crippen molar-refractivity contribution in [3.8, 4) is 0 Å². The van der Waals surface area contributed by atoms with E-state index in [-0.39, 0.29) is 23.2 Å². The molecule has 2 aliphatic rings. The smallest absolute Gasteiger partial charge is 0.341 e. The second-order valence-corrected chi connectivity index (χ2v) is 5.98. The number of carbonyl (C=O) groups excluding carboxylic acids is 2. The van der Waals surface area contributed by atoms with Crippen LogP contribution in [0.25, 0.3) is 0 Å². The van der Waals surface area contributed by atoms with Crippen LogP contribution in [0.1, 0.15) is 23.2 Å². The Morgan fingerprint density at radius 3 is 2.68 bits per heavy atom. The standard InChI is InChI=1S/C16H19N3O6/c20-15(17-11-1-2-11)10-25-16(21)13-9-12(19(22)23)3-4-14(13)18-5-7-24-8-6-18/h3-4,9,11H,1-2,5-8,10H2,(H,17,20). The molecule has 9 heteroatoms. The lowest BCUT2D eigenvalue weighted by Crippen LogP contribution is -2.37. The molecule has 0 atom stereocenters. The van der Waals surface area contributed by atoms with Crippen LogP contribution in [0.4, 0.5) is 11.4 Å². The van der Waals surface area contributed by atoms with Gasteiger partial charge in [-0.1, -0.05) is 0 Å². The molecule has 1 aliphatic heterocycles. The van der Waals surface area contributed by atoms with Crippen molar-refractivity contribution in [2.45, 2.75) is 18.9 Å². The van der Waals surface area contributed by atoms with Crippen LogP contribution in [0, 0.1) is 10.1 Å². The van der Waals surface area contributed by atoms with Gasteiger partial charge in [0.2, 0.25) is 0 Å². The lowest BCUT2D eigenvalue weighted by atomic mass is 10.1. The van der Waals surface area contributed by atoms with E-state index < -0.39 is 17.5 Å². The molecule has 9 nitrogen and oxygen atoms in total. The van der Waals surface area contributed by atoms with Crippen LogP contribution < -0.4 is 10.2 Å². The van der Waals surface area contributed by atoms with Gasteiger partial charge in [0.25, 0.3) is 11.6 Å². The summed E-state index contributed by atoms with van der Waals surface area (Å²) in [7, 11) is 0. The average molecular weight is 349 g/mol. The molecule has 0 radical (unpaired) electrons. The van der Waals surface area contributed by atoms with Gasteiger partial charge in [-0.05, 0) is 18.9 Å². The van der Waals surface area contributed by atoms with Gasteiger partial charge in [0.15, 0.2) is 6.61 Å². The van der Waals surface area contributed by atoms with Gasteiger partial charge in [-0.25, -0.2) is 4.79 Å². The number of non-ortho nitro benzene ring substituents is 1. The van der Waals surface area contributed by atoms with Crippen LogP contribution in [0.2, 0.25) is 0 Å². The number of nitro groups is 1. The molecule has 1 aromatic carbocycles. The van der Waals surface area contributed by atoms with E-state index in [1.54, 1.807) is 0 Å². The highest BCUT2D eigenvalue weighted by Crippen LogP contribution is 2.27. The number of ether oxygens (including phenoxy) is 2. The zero-order valence-electron chi connectivity index (χ0n) is 13.6. The molecule has 0 aromatic heterocycles. The Morgan fingerprint density at radius 2 is 2.04 bits per heavy atom. The summed E-state index contributed by atoms with van der Waals surface area (Å²) in [6.45, 7) is 1.76. The van der Waals surface area contributed by atoms with Crippen LogP contribution in [-0.2, 0) is 14.3 Å². The molecule has 2 fully saturated rings. The summed E-state index contributed by atoms with van der Waals surface area (Å²) in [6, 6.07) is 4.24. The number of nitrogens with zero attached hydrogens (tertiary/aromatic N) is 2. The summed E-state index contributed by atoms with van der Waals surface area (Å²) in [6.07, 6.45) is 1.87. The van der Waals surface area contributed by atoms with E-state index in [4.69, 9.17) is 9.47 Å². The first-order valence-corrected chi connectivity index (χ1v) is 8.12. The predicted octanol–water partition coefficient (Wildman–Crippen LogP) is 0.867. The number of morpholine rings is 1. The summed E-state index contributed by atoms with van der Waals surface area (Å²) in [5.41, 5.74) is 0.420. The topological polar surface area (TPSA) is 111 Å². The van der Waals surface area contributed by atoms with E-state index >= 15 is 0 Å². The van der Waals surface area contributed by atoms with E-state index in [1.165, 1.54) is 18.2 Å². The number of benzene rings is 1. The van der Waals surface area contributed by atoms with Crippen LogP contribution >= 0.6 is 0 Å². The SMILES string of the molecule is O=C(COC(=O)c1cc([N+](=O)[O-])ccc1N1CCOCC1)NC1CC1. The summed E-state index contributed by atoms with van der Waals surface area (Å²) in [5.74, 6) is -1.12. The first-order chi connectivity index (χ1) is 12.0.